The van der Waals surface area contributed by atoms with Crippen LogP contribution >= 0.6 is 0 Å². The molecule has 2 aromatic carbocycles. The lowest BCUT2D eigenvalue weighted by Gasteiger charge is -2.29. The van der Waals surface area contributed by atoms with E-state index in [9.17, 15) is 0 Å². The van der Waals surface area contributed by atoms with Crippen molar-refractivity contribution in [1.29, 1.82) is 0 Å². The summed E-state index contributed by atoms with van der Waals surface area (Å²) in [5.41, 5.74) is 4.06. The first-order valence-corrected chi connectivity index (χ1v) is 8.31. The van der Waals surface area contributed by atoms with Gasteiger partial charge in [-0.25, -0.2) is 4.98 Å². The molecule has 4 heteroatoms. The zero-order valence-corrected chi connectivity index (χ0v) is 13.5. The first-order chi connectivity index (χ1) is 11.9. The molecule has 120 valence electrons. The van der Waals surface area contributed by atoms with Crippen molar-refractivity contribution in [1.82, 2.24) is 9.97 Å². The van der Waals surface area contributed by atoms with Gasteiger partial charge in [0, 0.05) is 25.8 Å². The predicted molar refractivity (Wildman–Crippen MR) is 97.0 cm³/mol. The quantitative estimate of drug-likeness (QED) is 0.797. The Morgan fingerprint density at radius 3 is 2.58 bits per heavy atom. The molecule has 0 fully saturated rings. The van der Waals surface area contributed by atoms with Crippen molar-refractivity contribution in [3.05, 3.63) is 83.6 Å². The lowest BCUT2D eigenvalue weighted by Crippen LogP contribution is -2.31. The molecule has 2 heterocycles. The molecule has 3 aromatic rings. The smallest absolute Gasteiger partial charge is 0.224 e. The number of fused-ring (bicyclic) bond motifs is 1. The van der Waals surface area contributed by atoms with Gasteiger partial charge in [0.2, 0.25) is 5.95 Å². The van der Waals surface area contributed by atoms with Crippen molar-refractivity contribution in [2.45, 2.75) is 19.5 Å². The molecular formula is C20H20N4. The Kier molecular flexibility index (Phi) is 4.11. The van der Waals surface area contributed by atoms with Gasteiger partial charge in [-0.05, 0) is 29.2 Å². The van der Waals surface area contributed by atoms with Gasteiger partial charge in [-0.3, -0.25) is 0 Å². The van der Waals surface area contributed by atoms with E-state index in [1.165, 1.54) is 16.7 Å². The van der Waals surface area contributed by atoms with E-state index in [1.807, 2.05) is 30.5 Å². The Bertz CT molecular complexity index is 817. The third kappa shape index (κ3) is 3.23. The summed E-state index contributed by atoms with van der Waals surface area (Å²) in [6, 6.07) is 20.9. The number of nitrogens with zero attached hydrogens (tertiary/aromatic N) is 3. The highest BCUT2D eigenvalue weighted by Crippen LogP contribution is 2.23. The van der Waals surface area contributed by atoms with E-state index in [2.05, 4.69) is 56.6 Å². The van der Waals surface area contributed by atoms with E-state index < -0.39 is 0 Å². The molecule has 1 aliphatic rings. The number of hydrogen-bond acceptors (Lipinski definition) is 4. The topological polar surface area (TPSA) is 41.1 Å². The van der Waals surface area contributed by atoms with Crippen LogP contribution in [-0.2, 0) is 19.5 Å². The van der Waals surface area contributed by atoms with Gasteiger partial charge in [-0.2, -0.15) is 4.98 Å². The zero-order chi connectivity index (χ0) is 16.2. The molecular weight excluding hydrogens is 296 g/mol. The molecule has 0 atom stereocenters. The Morgan fingerprint density at radius 2 is 1.71 bits per heavy atom. The van der Waals surface area contributed by atoms with Gasteiger partial charge in [-0.1, -0.05) is 54.6 Å². The summed E-state index contributed by atoms with van der Waals surface area (Å²) < 4.78 is 0. The summed E-state index contributed by atoms with van der Waals surface area (Å²) in [5.74, 6) is 1.66. The molecule has 24 heavy (non-hydrogen) atoms. The van der Waals surface area contributed by atoms with Crippen LogP contribution in [-0.4, -0.2) is 16.5 Å². The first-order valence-electron chi connectivity index (χ1n) is 8.31. The van der Waals surface area contributed by atoms with E-state index in [1.54, 1.807) is 0 Å². The maximum Gasteiger partial charge on any atom is 0.224 e. The number of nitrogens with one attached hydrogen (secondary N) is 1. The van der Waals surface area contributed by atoms with Crippen molar-refractivity contribution >= 4 is 11.8 Å². The lowest BCUT2D eigenvalue weighted by atomic mass is 10.00. The van der Waals surface area contributed by atoms with E-state index in [0.717, 1.165) is 31.9 Å². The van der Waals surface area contributed by atoms with Crippen molar-refractivity contribution in [2.24, 2.45) is 0 Å². The molecule has 1 aromatic heterocycles. The fraction of sp³-hybridized carbons (Fsp3) is 0.200. The van der Waals surface area contributed by atoms with Crippen LogP contribution in [0.3, 0.4) is 0 Å². The molecule has 0 unspecified atom stereocenters. The second-order valence-corrected chi connectivity index (χ2v) is 6.02. The van der Waals surface area contributed by atoms with Crippen LogP contribution in [0.4, 0.5) is 11.8 Å². The van der Waals surface area contributed by atoms with Crippen molar-refractivity contribution in [2.75, 3.05) is 16.8 Å². The molecule has 0 bridgehead atoms. The van der Waals surface area contributed by atoms with Crippen LogP contribution in [0.25, 0.3) is 0 Å². The highest BCUT2D eigenvalue weighted by atomic mass is 15.2. The number of benzene rings is 2. The Hall–Kier alpha value is -2.88. The Balaban J connectivity index is 1.47. The molecule has 0 saturated heterocycles. The fourth-order valence-corrected chi connectivity index (χ4v) is 3.08. The van der Waals surface area contributed by atoms with Gasteiger partial charge in [0.1, 0.15) is 5.82 Å². The largest absolute Gasteiger partial charge is 0.352 e. The predicted octanol–water partition coefficient (Wildman–Crippen LogP) is 3.65. The van der Waals surface area contributed by atoms with Gasteiger partial charge in [0.25, 0.3) is 0 Å². The molecule has 0 aliphatic carbocycles. The van der Waals surface area contributed by atoms with Crippen molar-refractivity contribution < 1.29 is 0 Å². The van der Waals surface area contributed by atoms with Gasteiger partial charge in [0.15, 0.2) is 0 Å². The van der Waals surface area contributed by atoms with Crippen LogP contribution in [0.5, 0.6) is 0 Å². The minimum atomic E-state index is 0.676. The lowest BCUT2D eigenvalue weighted by molar-refractivity contribution is 0.719. The van der Waals surface area contributed by atoms with E-state index in [4.69, 9.17) is 0 Å². The van der Waals surface area contributed by atoms with Crippen LogP contribution in [0.15, 0.2) is 66.9 Å². The van der Waals surface area contributed by atoms with E-state index in [-0.39, 0.29) is 0 Å². The summed E-state index contributed by atoms with van der Waals surface area (Å²) in [7, 11) is 0. The minimum absolute atomic E-state index is 0.676. The zero-order valence-electron chi connectivity index (χ0n) is 13.5. The van der Waals surface area contributed by atoms with Crippen molar-refractivity contribution in [3.8, 4) is 0 Å². The Morgan fingerprint density at radius 1 is 0.917 bits per heavy atom. The minimum Gasteiger partial charge on any atom is -0.352 e. The standard InChI is InChI=1S/C20H20N4/c1-2-6-16(7-3-1)14-22-20-21-12-10-19(23-20)24-13-11-17-8-4-5-9-18(17)15-24/h1-10,12H,11,13-15H2,(H,21,22,23). The average Bonchev–Trinajstić information content (AvgIpc) is 2.67. The average molecular weight is 316 g/mol. The summed E-state index contributed by atoms with van der Waals surface area (Å²) in [6.45, 7) is 2.63. The van der Waals surface area contributed by atoms with Crippen molar-refractivity contribution in [3.63, 3.8) is 0 Å². The Labute approximate surface area is 142 Å². The summed E-state index contributed by atoms with van der Waals surface area (Å²) in [6.07, 6.45) is 2.89. The normalized spacial score (nSPS) is 13.4. The van der Waals surface area contributed by atoms with E-state index in [0.29, 0.717) is 5.95 Å². The molecule has 0 amide bonds. The van der Waals surface area contributed by atoms with Crippen LogP contribution in [0.2, 0.25) is 0 Å². The third-order valence-corrected chi connectivity index (χ3v) is 4.39. The second kappa shape index (κ2) is 6.71. The summed E-state index contributed by atoms with van der Waals surface area (Å²) in [4.78, 5) is 11.4. The molecule has 4 nitrogen and oxygen atoms in total. The maximum atomic E-state index is 4.69. The number of hydrogen-bond donors (Lipinski definition) is 1. The number of anilines is 2. The van der Waals surface area contributed by atoms with E-state index >= 15 is 0 Å². The molecule has 0 radical (unpaired) electrons. The van der Waals surface area contributed by atoms with Gasteiger partial charge in [0.05, 0.1) is 0 Å². The molecule has 0 spiro atoms. The van der Waals surface area contributed by atoms with Gasteiger partial charge in [-0.15, -0.1) is 0 Å². The highest BCUT2D eigenvalue weighted by molar-refractivity contribution is 5.46. The fourth-order valence-electron chi connectivity index (χ4n) is 3.08. The van der Waals surface area contributed by atoms with Crippen LogP contribution < -0.4 is 10.2 Å². The molecule has 1 N–H and O–H groups in total. The third-order valence-electron chi connectivity index (χ3n) is 4.39. The maximum absolute atomic E-state index is 4.69. The van der Waals surface area contributed by atoms with Crippen LogP contribution in [0, 0.1) is 0 Å². The molecule has 0 saturated carbocycles. The summed E-state index contributed by atoms with van der Waals surface area (Å²) >= 11 is 0. The van der Waals surface area contributed by atoms with Gasteiger partial charge < -0.3 is 10.2 Å². The monoisotopic (exact) mass is 316 g/mol. The second-order valence-electron chi connectivity index (χ2n) is 6.02. The molecule has 4 rings (SSSR count). The van der Waals surface area contributed by atoms with Gasteiger partial charge >= 0.3 is 0 Å². The number of rotatable bonds is 4. The number of aromatic nitrogens is 2. The molecule has 1 aliphatic heterocycles. The highest BCUT2D eigenvalue weighted by Gasteiger charge is 2.17. The van der Waals surface area contributed by atoms with Crippen LogP contribution in [0.1, 0.15) is 16.7 Å². The summed E-state index contributed by atoms with van der Waals surface area (Å²) in [5, 5.41) is 3.31. The SMILES string of the molecule is c1ccc(CNc2nccc(N3CCc4ccccc4C3)n2)cc1. The first kappa shape index (κ1) is 14.7.